The van der Waals surface area contributed by atoms with Crippen LogP contribution in [0.4, 0.5) is 11.4 Å². The summed E-state index contributed by atoms with van der Waals surface area (Å²) in [5.41, 5.74) is 20.3. The standard InChI is InChI=1S/C26H42N2.C26H41N2.7C7H7.2Hf/c2*1-6-7-8-9-10-13-19-27-24-17-11-12-18-25(24)28-26-22(20(2)3)15-14-16-23(26)21(4)5;7*1-7-5-3-2-4-6-7;;/h14-17,20-21,27H,6-13,18-19H2,1-5H3;14-17,20-21H,6-13,18-19H2,1-5H3;7*2-6H,1H2;;/q;8*-1;;+4. The number of nitrogens with zero attached hydrogens (tertiary/aromatic N) is 3. The van der Waals surface area contributed by atoms with E-state index >= 15 is 0 Å². The van der Waals surface area contributed by atoms with Crippen molar-refractivity contribution in [2.75, 3.05) is 13.1 Å². The van der Waals surface area contributed by atoms with Crippen molar-refractivity contribution >= 4 is 22.8 Å². The molecule has 9 aromatic carbocycles. The summed E-state index contributed by atoms with van der Waals surface area (Å²) in [5, 5.41) is 8.67. The normalized spacial score (nSPS) is 12.4. The average Bonchev–Trinajstić information content (AvgIpc) is 0.816. The van der Waals surface area contributed by atoms with Crippen LogP contribution >= 0.6 is 0 Å². The Hall–Kier alpha value is -7.77. The molecule has 0 aliphatic heterocycles. The maximum atomic E-state index is 5.27. The zero-order valence-corrected chi connectivity index (χ0v) is 74.8. The molecule has 568 valence electrons. The minimum absolute atomic E-state index is 0. The van der Waals surface area contributed by atoms with Gasteiger partial charge < -0.3 is 10.6 Å². The van der Waals surface area contributed by atoms with Gasteiger partial charge in [-0.1, -0.05) is 231 Å². The smallest absolute Gasteiger partial charge is 0.683 e. The van der Waals surface area contributed by atoms with E-state index < -0.39 is 0 Å². The Balaban J connectivity index is 0.000000655. The molecular weight excluding hydrogens is 1630 g/mol. The molecule has 9 aromatic rings. The third-order valence-electron chi connectivity index (χ3n) is 17.2. The molecule has 6 heteroatoms. The number of para-hydroxylation sites is 2. The van der Waals surface area contributed by atoms with Crippen molar-refractivity contribution in [3.63, 3.8) is 0 Å². The summed E-state index contributed by atoms with van der Waals surface area (Å²) in [5.74, 6) is 1.94. The van der Waals surface area contributed by atoms with Crippen LogP contribution in [0.5, 0.6) is 0 Å². The van der Waals surface area contributed by atoms with E-state index in [4.69, 9.17) is 15.3 Å². The first-order valence-corrected chi connectivity index (χ1v) is 39.2. The van der Waals surface area contributed by atoms with Gasteiger partial charge in [0.15, 0.2) is 0 Å². The van der Waals surface area contributed by atoms with Crippen molar-refractivity contribution in [3.05, 3.63) is 387 Å². The maximum absolute atomic E-state index is 5.27. The Labute approximate surface area is 692 Å². The SMILES string of the molecule is CCCCCCCCNC1=CCCCC1=Nc1c(C(C)C)cccc1C(C)C.CCCCCCCC[N-]C1=CCCCC1=Nc1c(C(C)C)cccc1C(C)C.[CH2-]c1ccccc1.[CH2-]c1ccccc1.[CH2-]c1ccccc1.[CH2-]c1ccccc1.[CH2-]c1ccccc1.[CH2-]c1ccccc1.[CH2-]c1ccccc1.[Hf+4].[Hf]. The number of rotatable bonds is 22. The van der Waals surface area contributed by atoms with Gasteiger partial charge in [0.25, 0.3) is 0 Å². The van der Waals surface area contributed by atoms with Gasteiger partial charge >= 0.3 is 25.8 Å². The van der Waals surface area contributed by atoms with Gasteiger partial charge in [-0.15, -0.1) is 97.2 Å². The molecule has 2 aliphatic rings. The van der Waals surface area contributed by atoms with E-state index in [1.807, 2.05) is 212 Å². The summed E-state index contributed by atoms with van der Waals surface area (Å²) in [6.45, 7) is 50.8. The Bertz CT molecular complexity index is 3160. The first kappa shape index (κ1) is 97.2. The molecule has 0 heterocycles. The number of benzene rings is 9. The molecule has 0 spiro atoms. The van der Waals surface area contributed by atoms with Crippen LogP contribution in [0, 0.1) is 48.5 Å². The van der Waals surface area contributed by atoms with Crippen LogP contribution in [0.3, 0.4) is 0 Å². The van der Waals surface area contributed by atoms with Gasteiger partial charge in [0.1, 0.15) is 0 Å². The van der Waals surface area contributed by atoms with E-state index in [2.05, 4.69) is 172 Å². The molecule has 0 radical (unpaired) electrons. The molecule has 1 N–H and O–H groups in total. The predicted octanol–water partition coefficient (Wildman–Crippen LogP) is 29.9. The van der Waals surface area contributed by atoms with Gasteiger partial charge in [-0.05, 0) is 90.9 Å². The van der Waals surface area contributed by atoms with Crippen LogP contribution in [0.15, 0.2) is 282 Å². The third kappa shape index (κ3) is 46.3. The predicted molar refractivity (Wildman–Crippen MR) is 467 cm³/mol. The first-order chi connectivity index (χ1) is 50.8. The van der Waals surface area contributed by atoms with Crippen LogP contribution in [-0.2, 0) is 51.7 Å². The number of hydrogen-bond acceptors (Lipinski definition) is 3. The van der Waals surface area contributed by atoms with E-state index in [9.17, 15) is 0 Å². The molecule has 0 unspecified atom stereocenters. The topological polar surface area (TPSA) is 50.9 Å². The van der Waals surface area contributed by atoms with E-state index in [0.717, 1.165) is 77.0 Å². The molecule has 0 saturated carbocycles. The van der Waals surface area contributed by atoms with Crippen LogP contribution in [0.2, 0.25) is 0 Å². The zero-order valence-electron chi connectivity index (χ0n) is 67.6. The third-order valence-corrected chi connectivity index (χ3v) is 17.2. The Kier molecular flexibility index (Phi) is 56.5. The fourth-order valence-electron chi connectivity index (χ4n) is 11.2. The summed E-state index contributed by atoms with van der Waals surface area (Å²) in [4.78, 5) is 10.5. The Morgan fingerprint density at radius 1 is 0.327 bits per heavy atom. The number of aliphatic imine (C=N–C) groups is 2. The monoisotopic (exact) mass is 1760 g/mol. The van der Waals surface area contributed by atoms with Gasteiger partial charge in [-0.2, -0.15) is 172 Å². The van der Waals surface area contributed by atoms with Crippen molar-refractivity contribution in [3.8, 4) is 0 Å². The zero-order chi connectivity index (χ0) is 76.5. The van der Waals surface area contributed by atoms with Crippen LogP contribution < -0.4 is 5.32 Å². The van der Waals surface area contributed by atoms with Gasteiger partial charge in [-0.25, -0.2) is 0 Å². The molecular formula is C101H132Hf2N4-4. The molecule has 11 rings (SSSR count). The molecule has 0 aromatic heterocycles. The summed E-state index contributed by atoms with van der Waals surface area (Å²) in [7, 11) is 0. The number of allylic oxidation sites excluding steroid dienone is 4. The summed E-state index contributed by atoms with van der Waals surface area (Å²) in [6.07, 6.45) is 27.5. The van der Waals surface area contributed by atoms with Crippen LogP contribution in [-0.4, -0.2) is 24.5 Å². The Morgan fingerprint density at radius 2 is 0.589 bits per heavy atom. The molecule has 0 saturated heterocycles. The summed E-state index contributed by atoms with van der Waals surface area (Å²) >= 11 is 0. The van der Waals surface area contributed by atoms with Crippen molar-refractivity contribution in [2.45, 2.75) is 208 Å². The maximum Gasteiger partial charge on any atom is 4.00 e. The first-order valence-electron chi connectivity index (χ1n) is 39.2. The van der Waals surface area contributed by atoms with E-state index in [0.29, 0.717) is 23.7 Å². The van der Waals surface area contributed by atoms with Gasteiger partial charge in [0.2, 0.25) is 0 Å². The van der Waals surface area contributed by atoms with Crippen LogP contribution in [0.1, 0.15) is 270 Å². The van der Waals surface area contributed by atoms with Gasteiger partial charge in [0, 0.05) is 38.1 Å². The number of unbranched alkanes of at least 4 members (excludes halogenated alkanes) is 10. The average molecular weight is 1760 g/mol. The van der Waals surface area contributed by atoms with Gasteiger partial charge in [0.05, 0.1) is 22.8 Å². The molecule has 0 bridgehead atoms. The summed E-state index contributed by atoms with van der Waals surface area (Å²) in [6, 6.07) is 82.5. The molecule has 107 heavy (non-hydrogen) atoms. The molecule has 0 atom stereocenters. The van der Waals surface area contributed by atoms with Gasteiger partial charge in [-0.3, -0.25) is 9.98 Å². The van der Waals surface area contributed by atoms with E-state index in [1.165, 1.54) is 147 Å². The quantitative estimate of drug-likeness (QED) is 0.0410. The molecule has 0 amide bonds. The number of hydrogen-bond donors (Lipinski definition) is 1. The number of nitrogens with one attached hydrogen (secondary N) is 1. The minimum Gasteiger partial charge on any atom is -0.683 e. The molecule has 2 aliphatic carbocycles. The molecule has 4 nitrogen and oxygen atoms in total. The second-order valence-corrected chi connectivity index (χ2v) is 28.0. The second kappa shape index (κ2) is 62.2. The van der Waals surface area contributed by atoms with Crippen molar-refractivity contribution < 1.29 is 51.7 Å². The van der Waals surface area contributed by atoms with E-state index in [1.54, 1.807) is 0 Å². The van der Waals surface area contributed by atoms with E-state index in [-0.39, 0.29) is 51.7 Å². The van der Waals surface area contributed by atoms with Crippen LogP contribution in [0.25, 0.3) is 5.32 Å². The van der Waals surface area contributed by atoms with Crippen molar-refractivity contribution in [1.29, 1.82) is 0 Å². The largest absolute Gasteiger partial charge is 4.00 e. The van der Waals surface area contributed by atoms with Crippen molar-refractivity contribution in [2.24, 2.45) is 9.98 Å². The Morgan fingerprint density at radius 3 is 0.869 bits per heavy atom. The fourth-order valence-corrected chi connectivity index (χ4v) is 11.2. The molecule has 0 fully saturated rings. The second-order valence-electron chi connectivity index (χ2n) is 28.0. The minimum atomic E-state index is 0. The summed E-state index contributed by atoms with van der Waals surface area (Å²) < 4.78 is 0. The fraction of sp³-hybridized carbons (Fsp3) is 0.337. The van der Waals surface area contributed by atoms with Crippen molar-refractivity contribution in [1.82, 2.24) is 5.32 Å².